The zero-order valence-electron chi connectivity index (χ0n) is 32.7. The molecule has 5 atom stereocenters. The van der Waals surface area contributed by atoms with Gasteiger partial charge in [0.15, 0.2) is 0 Å². The first-order valence-corrected chi connectivity index (χ1v) is 22.3. The predicted octanol–water partition coefficient (Wildman–Crippen LogP) is 5.35. The third kappa shape index (κ3) is 6.94. The Kier molecular flexibility index (Phi) is 9.17. The van der Waals surface area contributed by atoms with E-state index in [2.05, 4.69) is 15.4 Å². The Balaban J connectivity index is 1.07. The maximum Gasteiger partial charge on any atom is 0.408 e. The van der Waals surface area contributed by atoms with Crippen LogP contribution in [0.25, 0.3) is 10.9 Å². The van der Waals surface area contributed by atoms with Gasteiger partial charge >= 0.3 is 6.09 Å². The Morgan fingerprint density at radius 2 is 1.81 bits per heavy atom. The number of hydrogen-bond donors (Lipinski definition) is 3. The minimum Gasteiger partial charge on any atom is -0.483 e. The average Bonchev–Trinajstić information content (AvgIpc) is 4.10. The number of aromatic nitrogens is 1. The van der Waals surface area contributed by atoms with E-state index in [1.807, 2.05) is 25.1 Å². The number of para-hydroxylation sites is 1. The number of sulfonamides is 1. The van der Waals surface area contributed by atoms with E-state index < -0.39 is 79.1 Å². The summed E-state index contributed by atoms with van der Waals surface area (Å²) in [6.07, 6.45) is 12.3. The van der Waals surface area contributed by atoms with Gasteiger partial charge in [-0.3, -0.25) is 19.1 Å². The van der Waals surface area contributed by atoms with Crippen molar-refractivity contribution >= 4 is 44.7 Å². The number of amides is 4. The number of nitrogens with one attached hydrogen (secondary N) is 3. The first-order chi connectivity index (χ1) is 27.1. The SMILES string of the molecule is CC1(OC(=O)NC2CCCCCC=CC3CCC3(C(=O)NS(=O)(=O)C3(C)CC3)NC(=O)C3CC4(CCc5c(c(C6CC6)nc6c(F)cccc56)O4)CN3C2=O)CC1. The van der Waals surface area contributed by atoms with Crippen LogP contribution in [0, 0.1) is 11.7 Å². The second-order valence-electron chi connectivity index (χ2n) is 18.3. The number of benzene rings is 1. The van der Waals surface area contributed by atoms with Crippen molar-refractivity contribution in [1.82, 2.24) is 25.2 Å². The molecule has 4 saturated carbocycles. The molecule has 1 saturated heterocycles. The van der Waals surface area contributed by atoms with Crippen molar-refractivity contribution in [3.8, 4) is 5.75 Å². The summed E-state index contributed by atoms with van der Waals surface area (Å²) in [6.45, 7) is 3.47. The van der Waals surface area contributed by atoms with Crippen LogP contribution in [0.1, 0.15) is 127 Å². The predicted molar refractivity (Wildman–Crippen MR) is 207 cm³/mol. The van der Waals surface area contributed by atoms with Crippen LogP contribution >= 0.6 is 0 Å². The fraction of sp³-hybridized carbons (Fsp3) is 0.643. The zero-order chi connectivity index (χ0) is 40.0. The number of alkyl carbamates (subject to hydrolysis) is 1. The molecule has 4 heterocycles. The molecule has 1 aromatic carbocycles. The van der Waals surface area contributed by atoms with E-state index in [0.717, 1.165) is 44.1 Å². The fourth-order valence-electron chi connectivity index (χ4n) is 9.22. The van der Waals surface area contributed by atoms with Gasteiger partial charge < -0.3 is 25.0 Å². The minimum absolute atomic E-state index is 0.0227. The van der Waals surface area contributed by atoms with E-state index in [4.69, 9.17) is 14.5 Å². The molecule has 5 unspecified atom stereocenters. The summed E-state index contributed by atoms with van der Waals surface area (Å²) in [7, 11) is -4.02. The molecule has 4 aliphatic carbocycles. The van der Waals surface area contributed by atoms with Crippen LogP contribution in [-0.2, 0) is 35.6 Å². The quantitative estimate of drug-likeness (QED) is 0.326. The first-order valence-electron chi connectivity index (χ1n) is 20.8. The maximum absolute atomic E-state index is 15.1. The fourth-order valence-corrected chi connectivity index (χ4v) is 10.5. The Bertz CT molecular complexity index is 2180. The molecular formula is C42H52FN5O8S. The zero-order valence-corrected chi connectivity index (χ0v) is 33.5. The smallest absolute Gasteiger partial charge is 0.408 e. The lowest BCUT2D eigenvalue weighted by molar-refractivity contribution is -0.144. The van der Waals surface area contributed by atoms with Gasteiger partial charge in [0.25, 0.3) is 5.91 Å². The van der Waals surface area contributed by atoms with Crippen molar-refractivity contribution < 1.29 is 41.5 Å². The van der Waals surface area contributed by atoms with Gasteiger partial charge in [-0.25, -0.2) is 22.6 Å². The monoisotopic (exact) mass is 805 g/mol. The summed E-state index contributed by atoms with van der Waals surface area (Å²) in [4.78, 5) is 63.4. The van der Waals surface area contributed by atoms with Gasteiger partial charge in [-0.2, -0.15) is 0 Å². The van der Waals surface area contributed by atoms with Gasteiger partial charge in [0.05, 0.1) is 17.0 Å². The van der Waals surface area contributed by atoms with Crippen molar-refractivity contribution in [3.05, 3.63) is 47.4 Å². The Labute approximate surface area is 332 Å². The average molecular weight is 806 g/mol. The number of rotatable bonds is 6. The molecule has 4 amide bonds. The van der Waals surface area contributed by atoms with Crippen molar-refractivity contribution in [2.75, 3.05) is 6.54 Å². The Hall–Kier alpha value is -4.27. The summed E-state index contributed by atoms with van der Waals surface area (Å²) < 4.78 is 55.7. The number of halogens is 1. The number of ether oxygens (including phenoxy) is 2. The number of aryl methyl sites for hydroxylation is 1. The molecule has 306 valence electrons. The number of fused-ring (bicyclic) bond motifs is 5. The maximum atomic E-state index is 15.1. The standard InChI is InChI=1S/C42H52FN5O8S/c1-39(19-20-39)56-38(52)44-30-12-7-5-3-4-6-9-26-15-18-42(26,37(51)47-57(53,54)40(2)21-22-40)46-35(49)31-23-41(24-48(31)36(30)50)17-16-28-27-10-8-11-29(43)33(27)45-32(25-13-14-25)34(28)55-41/h6,8-11,25-26,30-31H,3-5,7,12-24H2,1-2H3,(H,44,52)(H,46,49)(H,47,51). The van der Waals surface area contributed by atoms with Gasteiger partial charge in [-0.05, 0) is 103 Å². The van der Waals surface area contributed by atoms with Crippen LogP contribution < -0.4 is 20.1 Å². The number of pyridine rings is 1. The molecule has 1 spiro atoms. The highest BCUT2D eigenvalue weighted by Gasteiger charge is 2.60. The molecule has 5 fully saturated rings. The highest BCUT2D eigenvalue weighted by atomic mass is 32.2. The van der Waals surface area contributed by atoms with E-state index in [0.29, 0.717) is 73.7 Å². The van der Waals surface area contributed by atoms with E-state index in [-0.39, 0.29) is 25.3 Å². The van der Waals surface area contributed by atoms with E-state index in [9.17, 15) is 27.6 Å². The summed E-state index contributed by atoms with van der Waals surface area (Å²) >= 11 is 0. The first kappa shape index (κ1) is 38.3. The van der Waals surface area contributed by atoms with Crippen LogP contribution in [0.15, 0.2) is 30.4 Å². The van der Waals surface area contributed by atoms with Gasteiger partial charge in [-0.1, -0.05) is 37.1 Å². The lowest BCUT2D eigenvalue weighted by atomic mass is 9.65. The summed E-state index contributed by atoms with van der Waals surface area (Å²) in [5.41, 5.74) is -1.31. The third-order valence-corrected chi connectivity index (χ3v) is 16.0. The lowest BCUT2D eigenvalue weighted by Gasteiger charge is -2.48. The molecule has 13 nitrogen and oxygen atoms in total. The second kappa shape index (κ2) is 13.7. The molecule has 3 aliphatic heterocycles. The van der Waals surface area contributed by atoms with Gasteiger partial charge in [-0.15, -0.1) is 0 Å². The van der Waals surface area contributed by atoms with Crippen molar-refractivity contribution in [3.63, 3.8) is 0 Å². The highest BCUT2D eigenvalue weighted by Crippen LogP contribution is 2.52. The van der Waals surface area contributed by atoms with Crippen LogP contribution in [0.5, 0.6) is 5.75 Å². The summed E-state index contributed by atoms with van der Waals surface area (Å²) in [5, 5.41) is 6.51. The molecule has 0 bridgehead atoms. The number of hydrogen-bond acceptors (Lipinski definition) is 9. The number of allylic oxidation sites excluding steroid dienone is 1. The van der Waals surface area contributed by atoms with Gasteiger partial charge in [0, 0.05) is 29.2 Å². The van der Waals surface area contributed by atoms with Crippen LogP contribution in [-0.4, -0.2) is 82.2 Å². The Morgan fingerprint density at radius 3 is 2.51 bits per heavy atom. The molecule has 15 heteroatoms. The molecular weight excluding hydrogens is 754 g/mol. The largest absolute Gasteiger partial charge is 0.483 e. The van der Waals surface area contributed by atoms with Crippen LogP contribution in [0.4, 0.5) is 9.18 Å². The lowest BCUT2D eigenvalue weighted by Crippen LogP contribution is -2.70. The van der Waals surface area contributed by atoms with Gasteiger partial charge in [0.2, 0.25) is 21.8 Å². The molecule has 7 aliphatic rings. The van der Waals surface area contributed by atoms with Crippen molar-refractivity contribution in [1.29, 1.82) is 0 Å². The molecule has 1 aromatic heterocycles. The van der Waals surface area contributed by atoms with E-state index in [1.54, 1.807) is 13.0 Å². The normalized spacial score (nSPS) is 31.6. The molecule has 57 heavy (non-hydrogen) atoms. The van der Waals surface area contributed by atoms with Gasteiger partial charge in [0.1, 0.15) is 45.9 Å². The molecule has 9 rings (SSSR count). The second-order valence-corrected chi connectivity index (χ2v) is 20.5. The summed E-state index contributed by atoms with van der Waals surface area (Å²) in [5.74, 6) is -2.01. The molecule has 3 N–H and O–H groups in total. The Morgan fingerprint density at radius 1 is 1.02 bits per heavy atom. The molecule has 0 radical (unpaired) electrons. The summed E-state index contributed by atoms with van der Waals surface area (Å²) in [6, 6.07) is 2.79. The third-order valence-electron chi connectivity index (χ3n) is 13.8. The minimum atomic E-state index is -4.02. The van der Waals surface area contributed by atoms with Crippen molar-refractivity contribution in [2.45, 2.75) is 156 Å². The van der Waals surface area contributed by atoms with Crippen LogP contribution in [0.3, 0.4) is 0 Å². The molecule has 2 aromatic rings. The highest BCUT2D eigenvalue weighted by molar-refractivity contribution is 7.91. The van der Waals surface area contributed by atoms with E-state index in [1.165, 1.54) is 11.0 Å². The van der Waals surface area contributed by atoms with Crippen LogP contribution in [0.2, 0.25) is 0 Å². The number of carbonyl (C=O) groups excluding carboxylic acids is 4. The topological polar surface area (TPSA) is 173 Å². The van der Waals surface area contributed by atoms with Crippen molar-refractivity contribution in [2.24, 2.45) is 5.92 Å². The number of nitrogens with zero attached hydrogens (tertiary/aromatic N) is 2. The number of carbonyl (C=O) groups is 4. The van der Waals surface area contributed by atoms with E-state index >= 15 is 4.39 Å².